The van der Waals surface area contributed by atoms with E-state index >= 15 is 0 Å². The van der Waals surface area contributed by atoms with Gasteiger partial charge in [0, 0.05) is 6.04 Å². The molecule has 2 fully saturated rings. The molecule has 2 aliphatic rings. The van der Waals surface area contributed by atoms with E-state index in [4.69, 9.17) is 5.73 Å². The van der Waals surface area contributed by atoms with Gasteiger partial charge in [0.2, 0.25) is 0 Å². The van der Waals surface area contributed by atoms with Crippen molar-refractivity contribution in [2.24, 2.45) is 11.8 Å². The predicted octanol–water partition coefficient (Wildman–Crippen LogP) is 2.60. The standard InChI is InChI=1S/C14H21N3OS/c1-2-10-12(19-14(15)17-10)13(18)16-11-7-6-8-4-3-5-9(8)11/h8-9,11H,2-7H2,1H3,(H2,15,17)(H,16,18)/t8-,9-,11-/m0/s1. The summed E-state index contributed by atoms with van der Waals surface area (Å²) in [5.74, 6) is 1.59. The lowest BCUT2D eigenvalue weighted by molar-refractivity contribution is 0.0929. The van der Waals surface area contributed by atoms with Crippen LogP contribution < -0.4 is 11.1 Å². The van der Waals surface area contributed by atoms with Crippen LogP contribution in [0.4, 0.5) is 5.13 Å². The molecule has 3 rings (SSSR count). The van der Waals surface area contributed by atoms with Crippen molar-refractivity contribution in [2.75, 3.05) is 5.73 Å². The molecule has 1 aromatic heterocycles. The molecule has 5 heteroatoms. The van der Waals surface area contributed by atoms with Crippen LogP contribution in [0.25, 0.3) is 0 Å². The Balaban J connectivity index is 1.71. The summed E-state index contributed by atoms with van der Waals surface area (Å²) in [6.07, 6.45) is 7.13. The van der Waals surface area contributed by atoms with Gasteiger partial charge in [-0.05, 0) is 37.5 Å². The molecule has 1 heterocycles. The zero-order valence-electron chi connectivity index (χ0n) is 11.3. The van der Waals surface area contributed by atoms with E-state index in [1.54, 1.807) is 0 Å². The van der Waals surface area contributed by atoms with Crippen LogP contribution in [0.1, 0.15) is 54.4 Å². The Labute approximate surface area is 117 Å². The van der Waals surface area contributed by atoms with Crippen molar-refractivity contribution in [2.45, 2.75) is 51.5 Å². The smallest absolute Gasteiger partial charge is 0.263 e. The fourth-order valence-corrected chi connectivity index (χ4v) is 4.59. The van der Waals surface area contributed by atoms with Crippen LogP contribution in [0.5, 0.6) is 0 Å². The van der Waals surface area contributed by atoms with Gasteiger partial charge in [-0.3, -0.25) is 4.79 Å². The number of nitrogens with zero attached hydrogens (tertiary/aromatic N) is 1. The van der Waals surface area contributed by atoms with E-state index in [2.05, 4.69) is 10.3 Å². The minimum absolute atomic E-state index is 0.0311. The van der Waals surface area contributed by atoms with Crippen LogP contribution in [-0.2, 0) is 6.42 Å². The number of nitrogens with one attached hydrogen (secondary N) is 1. The number of fused-ring (bicyclic) bond motifs is 1. The average Bonchev–Trinajstić information content (AvgIpc) is 3.05. The average molecular weight is 279 g/mol. The van der Waals surface area contributed by atoms with Crippen molar-refractivity contribution in [1.82, 2.24) is 10.3 Å². The summed E-state index contributed by atoms with van der Waals surface area (Å²) < 4.78 is 0. The number of hydrogen-bond acceptors (Lipinski definition) is 4. The number of aromatic nitrogens is 1. The number of amides is 1. The van der Waals surface area contributed by atoms with Crippen molar-refractivity contribution >= 4 is 22.4 Å². The number of aryl methyl sites for hydroxylation is 1. The second-order valence-corrected chi connectivity index (χ2v) is 6.72. The quantitative estimate of drug-likeness (QED) is 0.893. The molecule has 0 aliphatic heterocycles. The fourth-order valence-electron chi connectivity index (χ4n) is 3.76. The fraction of sp³-hybridized carbons (Fsp3) is 0.714. The molecular weight excluding hydrogens is 258 g/mol. The molecule has 4 nitrogen and oxygen atoms in total. The first-order valence-corrected chi connectivity index (χ1v) is 8.06. The molecule has 0 unspecified atom stereocenters. The molecule has 3 atom stereocenters. The highest BCUT2D eigenvalue weighted by molar-refractivity contribution is 7.17. The van der Waals surface area contributed by atoms with Gasteiger partial charge in [0.1, 0.15) is 4.88 Å². The first-order valence-electron chi connectivity index (χ1n) is 7.25. The van der Waals surface area contributed by atoms with Crippen LogP contribution >= 0.6 is 11.3 Å². The second kappa shape index (κ2) is 5.12. The van der Waals surface area contributed by atoms with Gasteiger partial charge in [-0.25, -0.2) is 4.98 Å². The Morgan fingerprint density at radius 2 is 2.26 bits per heavy atom. The lowest BCUT2D eigenvalue weighted by Gasteiger charge is -2.19. The Morgan fingerprint density at radius 3 is 3.05 bits per heavy atom. The third-order valence-electron chi connectivity index (χ3n) is 4.65. The highest BCUT2D eigenvalue weighted by Gasteiger charge is 2.39. The van der Waals surface area contributed by atoms with Crippen molar-refractivity contribution in [3.8, 4) is 0 Å². The normalized spacial score (nSPS) is 29.4. The molecule has 2 saturated carbocycles. The van der Waals surface area contributed by atoms with E-state index < -0.39 is 0 Å². The molecule has 1 amide bonds. The number of nitrogens with two attached hydrogens (primary N) is 1. The van der Waals surface area contributed by atoms with Gasteiger partial charge in [-0.15, -0.1) is 0 Å². The summed E-state index contributed by atoms with van der Waals surface area (Å²) in [4.78, 5) is 17.3. The van der Waals surface area contributed by atoms with E-state index in [0.717, 1.165) is 24.5 Å². The third kappa shape index (κ3) is 2.36. The van der Waals surface area contributed by atoms with Crippen LogP contribution in [0, 0.1) is 11.8 Å². The molecule has 0 radical (unpaired) electrons. The van der Waals surface area contributed by atoms with Gasteiger partial charge in [0.05, 0.1) is 5.69 Å². The number of nitrogen functional groups attached to an aromatic ring is 1. The first kappa shape index (κ1) is 12.9. The molecule has 3 N–H and O–H groups in total. The van der Waals surface area contributed by atoms with Crippen molar-refractivity contribution in [3.63, 3.8) is 0 Å². The van der Waals surface area contributed by atoms with Gasteiger partial charge >= 0.3 is 0 Å². The maximum absolute atomic E-state index is 12.4. The minimum atomic E-state index is 0.0311. The number of carbonyl (C=O) groups excluding carboxylic acids is 1. The Morgan fingerprint density at radius 1 is 1.42 bits per heavy atom. The summed E-state index contributed by atoms with van der Waals surface area (Å²) >= 11 is 1.31. The van der Waals surface area contributed by atoms with Crippen molar-refractivity contribution in [1.29, 1.82) is 0 Å². The van der Waals surface area contributed by atoms with Gasteiger partial charge < -0.3 is 11.1 Å². The van der Waals surface area contributed by atoms with Crippen LogP contribution in [0.3, 0.4) is 0 Å². The van der Waals surface area contributed by atoms with Crippen LogP contribution in [0.15, 0.2) is 0 Å². The Hall–Kier alpha value is -1.10. The van der Waals surface area contributed by atoms with Crippen molar-refractivity contribution < 1.29 is 4.79 Å². The lowest BCUT2D eigenvalue weighted by atomic mass is 9.97. The number of thiazole rings is 1. The molecule has 0 spiro atoms. The Kier molecular flexibility index (Phi) is 3.48. The van der Waals surface area contributed by atoms with E-state index in [1.165, 1.54) is 37.0 Å². The number of carbonyl (C=O) groups is 1. The molecule has 0 bridgehead atoms. The van der Waals surface area contributed by atoms with E-state index in [0.29, 0.717) is 22.0 Å². The molecule has 0 saturated heterocycles. The monoisotopic (exact) mass is 279 g/mol. The van der Waals surface area contributed by atoms with E-state index in [-0.39, 0.29) is 5.91 Å². The van der Waals surface area contributed by atoms with Gasteiger partial charge in [-0.2, -0.15) is 0 Å². The third-order valence-corrected chi connectivity index (χ3v) is 5.58. The molecule has 1 aromatic rings. The van der Waals surface area contributed by atoms with E-state index in [1.807, 2.05) is 6.92 Å². The summed E-state index contributed by atoms with van der Waals surface area (Å²) in [5, 5.41) is 3.72. The Bertz CT molecular complexity index is 485. The first-order chi connectivity index (χ1) is 9.19. The van der Waals surface area contributed by atoms with E-state index in [9.17, 15) is 4.79 Å². The number of anilines is 1. The zero-order valence-corrected chi connectivity index (χ0v) is 12.1. The van der Waals surface area contributed by atoms with Gasteiger partial charge in [-0.1, -0.05) is 31.1 Å². The number of rotatable bonds is 3. The molecule has 104 valence electrons. The molecule has 19 heavy (non-hydrogen) atoms. The van der Waals surface area contributed by atoms with Crippen LogP contribution in [0.2, 0.25) is 0 Å². The lowest BCUT2D eigenvalue weighted by Crippen LogP contribution is -2.37. The van der Waals surface area contributed by atoms with Crippen LogP contribution in [-0.4, -0.2) is 16.9 Å². The van der Waals surface area contributed by atoms with Gasteiger partial charge in [0.25, 0.3) is 5.91 Å². The topological polar surface area (TPSA) is 68.0 Å². The highest BCUT2D eigenvalue weighted by Crippen LogP contribution is 2.44. The SMILES string of the molecule is CCc1nc(N)sc1C(=O)N[C@H]1CC[C@@H]2CCC[C@@H]21. The molecule has 0 aromatic carbocycles. The predicted molar refractivity (Wildman–Crippen MR) is 77.2 cm³/mol. The van der Waals surface area contributed by atoms with Crippen molar-refractivity contribution in [3.05, 3.63) is 10.6 Å². The summed E-state index contributed by atoms with van der Waals surface area (Å²) in [5.41, 5.74) is 6.55. The second-order valence-electron chi connectivity index (χ2n) is 5.69. The maximum Gasteiger partial charge on any atom is 0.263 e. The zero-order chi connectivity index (χ0) is 13.4. The van der Waals surface area contributed by atoms with Gasteiger partial charge in [0.15, 0.2) is 5.13 Å². The molecule has 2 aliphatic carbocycles. The minimum Gasteiger partial charge on any atom is -0.375 e. The highest BCUT2D eigenvalue weighted by atomic mass is 32.1. The molecular formula is C14H21N3OS. The summed E-state index contributed by atoms with van der Waals surface area (Å²) in [6, 6.07) is 0.369. The summed E-state index contributed by atoms with van der Waals surface area (Å²) in [6.45, 7) is 2.01. The summed E-state index contributed by atoms with van der Waals surface area (Å²) in [7, 11) is 0. The number of hydrogen-bond donors (Lipinski definition) is 2. The maximum atomic E-state index is 12.4. The largest absolute Gasteiger partial charge is 0.375 e.